The highest BCUT2D eigenvalue weighted by atomic mass is 19.1. The summed E-state index contributed by atoms with van der Waals surface area (Å²) in [6.07, 6.45) is 3.69. The predicted octanol–water partition coefficient (Wildman–Crippen LogP) is 5.34. The van der Waals surface area contributed by atoms with Crippen molar-refractivity contribution in [2.45, 2.75) is 46.0 Å². The Kier molecular flexibility index (Phi) is 7.49. The summed E-state index contributed by atoms with van der Waals surface area (Å²) < 4.78 is 37.4. The highest BCUT2D eigenvalue weighted by Crippen LogP contribution is 2.35. The number of aldehydes is 1. The van der Waals surface area contributed by atoms with Crippen molar-refractivity contribution in [3.05, 3.63) is 83.7 Å². The van der Waals surface area contributed by atoms with E-state index in [9.17, 15) is 4.79 Å². The van der Waals surface area contributed by atoms with E-state index in [1.165, 1.54) is 19.4 Å². The van der Waals surface area contributed by atoms with E-state index in [0.29, 0.717) is 49.0 Å². The molecule has 0 bridgehead atoms. The molecule has 0 radical (unpaired) electrons. The van der Waals surface area contributed by atoms with Crippen LogP contribution in [-0.2, 0) is 24.4 Å². The molecule has 0 aliphatic heterocycles. The average molecular weight is 494 g/mol. The van der Waals surface area contributed by atoms with Gasteiger partial charge in [0.15, 0.2) is 29.2 Å². The van der Waals surface area contributed by atoms with Gasteiger partial charge in [-0.05, 0) is 50.6 Å². The van der Waals surface area contributed by atoms with E-state index in [4.69, 9.17) is 23.3 Å². The minimum absolute atomic E-state index is 0.113. The molecular weight excluding hydrogens is 465 g/mol. The number of rotatable bonds is 11. The van der Waals surface area contributed by atoms with Gasteiger partial charge in [-0.3, -0.25) is 9.69 Å². The number of methoxy groups -OCH3 is 1. The van der Waals surface area contributed by atoms with Crippen molar-refractivity contribution in [3.63, 3.8) is 0 Å². The van der Waals surface area contributed by atoms with Crippen molar-refractivity contribution in [1.82, 2.24) is 14.9 Å². The molecule has 0 aliphatic rings. The molecule has 9 heteroatoms. The summed E-state index contributed by atoms with van der Waals surface area (Å²) in [6.45, 7) is 6.07. The zero-order chi connectivity index (χ0) is 25.7. The Balaban J connectivity index is 1.61. The summed E-state index contributed by atoms with van der Waals surface area (Å²) in [5.74, 6) is 1.19. The van der Waals surface area contributed by atoms with Crippen molar-refractivity contribution >= 4 is 6.29 Å². The van der Waals surface area contributed by atoms with Crippen molar-refractivity contribution < 1.29 is 27.5 Å². The second kappa shape index (κ2) is 10.7. The van der Waals surface area contributed by atoms with Crippen molar-refractivity contribution in [1.29, 1.82) is 0 Å². The van der Waals surface area contributed by atoms with E-state index in [-0.39, 0.29) is 11.5 Å². The van der Waals surface area contributed by atoms with Crippen LogP contribution in [0.25, 0.3) is 11.5 Å². The summed E-state index contributed by atoms with van der Waals surface area (Å²) >= 11 is 0. The molecule has 0 unspecified atom stereocenters. The normalized spacial score (nSPS) is 11.6. The number of aromatic nitrogens is 2. The van der Waals surface area contributed by atoms with Gasteiger partial charge in [0.2, 0.25) is 11.8 Å². The maximum atomic E-state index is 15.1. The van der Waals surface area contributed by atoms with Gasteiger partial charge in [0, 0.05) is 18.7 Å². The van der Waals surface area contributed by atoms with Crippen LogP contribution in [0.2, 0.25) is 0 Å². The van der Waals surface area contributed by atoms with Crippen LogP contribution in [0.1, 0.15) is 36.8 Å². The van der Waals surface area contributed by atoms with Crippen LogP contribution in [-0.4, -0.2) is 33.9 Å². The third-order valence-electron chi connectivity index (χ3n) is 5.47. The first-order chi connectivity index (χ1) is 17.3. The van der Waals surface area contributed by atoms with Gasteiger partial charge in [0.1, 0.15) is 12.0 Å². The number of halogens is 1. The van der Waals surface area contributed by atoms with E-state index in [1.807, 2.05) is 42.2 Å². The van der Waals surface area contributed by atoms with Crippen LogP contribution in [0.5, 0.6) is 11.5 Å². The minimum atomic E-state index is -1.20. The highest BCUT2D eigenvalue weighted by molar-refractivity contribution is 5.62. The first kappa shape index (κ1) is 25.1. The van der Waals surface area contributed by atoms with Crippen LogP contribution in [0.15, 0.2) is 63.8 Å². The Labute approximate surface area is 208 Å². The molecule has 0 aliphatic carbocycles. The maximum absolute atomic E-state index is 15.1. The highest BCUT2D eigenvalue weighted by Gasteiger charge is 2.25. The summed E-state index contributed by atoms with van der Waals surface area (Å²) in [7, 11) is 1.42. The maximum Gasteiger partial charge on any atom is 0.226 e. The number of ether oxygens (including phenoxy) is 2. The summed E-state index contributed by atoms with van der Waals surface area (Å²) in [4.78, 5) is 22.2. The third kappa shape index (κ3) is 5.98. The first-order valence-electron chi connectivity index (χ1n) is 11.4. The third-order valence-corrected chi connectivity index (χ3v) is 5.47. The average Bonchev–Trinajstić information content (AvgIpc) is 3.51. The second-order valence-electron chi connectivity index (χ2n) is 8.89. The van der Waals surface area contributed by atoms with E-state index < -0.39 is 11.4 Å². The van der Waals surface area contributed by atoms with Crippen LogP contribution in [0.4, 0.5) is 4.39 Å². The van der Waals surface area contributed by atoms with Gasteiger partial charge in [-0.15, -0.1) is 0 Å². The van der Waals surface area contributed by atoms with Gasteiger partial charge in [-0.25, -0.2) is 14.4 Å². The van der Waals surface area contributed by atoms with Crippen LogP contribution in [0.3, 0.4) is 0 Å². The number of hydrogen-bond acceptors (Lipinski definition) is 8. The Morgan fingerprint density at radius 1 is 1.14 bits per heavy atom. The van der Waals surface area contributed by atoms with Gasteiger partial charge in [-0.1, -0.05) is 18.2 Å². The number of oxazole rings is 2. The number of hydrogen-bond donors (Lipinski definition) is 0. The molecule has 0 spiro atoms. The molecule has 0 amide bonds. The molecule has 8 nitrogen and oxygen atoms in total. The lowest BCUT2D eigenvalue weighted by Crippen LogP contribution is -2.30. The zero-order valence-corrected chi connectivity index (χ0v) is 20.7. The smallest absolute Gasteiger partial charge is 0.226 e. The molecule has 36 heavy (non-hydrogen) atoms. The Morgan fingerprint density at radius 2 is 1.92 bits per heavy atom. The van der Waals surface area contributed by atoms with Gasteiger partial charge in [-0.2, -0.15) is 0 Å². The summed E-state index contributed by atoms with van der Waals surface area (Å²) in [5.41, 5.74) is 1.07. The molecule has 2 aromatic carbocycles. The number of benzene rings is 2. The topological polar surface area (TPSA) is 90.8 Å². The summed E-state index contributed by atoms with van der Waals surface area (Å²) in [5, 5.41) is 0. The molecule has 0 N–H and O–H groups in total. The van der Waals surface area contributed by atoms with Crippen molar-refractivity contribution in [3.8, 4) is 23.0 Å². The van der Waals surface area contributed by atoms with Gasteiger partial charge in [0.25, 0.3) is 0 Å². The second-order valence-corrected chi connectivity index (χ2v) is 8.89. The fraction of sp³-hybridized carbons (Fsp3) is 0.296. The van der Waals surface area contributed by atoms with E-state index >= 15 is 4.39 Å². The fourth-order valence-corrected chi connectivity index (χ4v) is 3.69. The van der Waals surface area contributed by atoms with Crippen molar-refractivity contribution in [2.75, 3.05) is 7.11 Å². The van der Waals surface area contributed by atoms with E-state index in [1.54, 1.807) is 26.1 Å². The molecular formula is C27H28FN3O5. The van der Waals surface area contributed by atoms with Gasteiger partial charge >= 0.3 is 0 Å². The molecule has 0 saturated carbocycles. The Hall–Kier alpha value is -3.98. The fourth-order valence-electron chi connectivity index (χ4n) is 3.69. The lowest BCUT2D eigenvalue weighted by atomic mass is 10.1. The number of carbonyl (C=O) groups is 1. The number of aryl methyl sites for hydroxylation is 1. The molecule has 2 heterocycles. The molecule has 0 atom stereocenters. The Bertz CT molecular complexity index is 1300. The monoisotopic (exact) mass is 493 g/mol. The van der Waals surface area contributed by atoms with Gasteiger partial charge < -0.3 is 18.3 Å². The predicted molar refractivity (Wildman–Crippen MR) is 130 cm³/mol. The quantitative estimate of drug-likeness (QED) is 0.259. The molecule has 2 aromatic heterocycles. The molecule has 188 valence electrons. The largest absolute Gasteiger partial charge is 0.493 e. The van der Waals surface area contributed by atoms with Crippen molar-refractivity contribution in [2.24, 2.45) is 0 Å². The lowest BCUT2D eigenvalue weighted by Gasteiger charge is -2.24. The number of nitrogens with zero attached hydrogens (tertiary/aromatic N) is 3. The molecule has 4 aromatic rings. The SMILES string of the molecule is COc1cc(CN(Cc2ncco2)Cc2nc(-c3ccccc3)oc2C)cc(F)c1OC(C)(C)C=O. The van der Waals surface area contributed by atoms with Crippen LogP contribution < -0.4 is 9.47 Å². The minimum Gasteiger partial charge on any atom is -0.493 e. The first-order valence-corrected chi connectivity index (χ1v) is 11.4. The molecule has 0 fully saturated rings. The standard InChI is InChI=1S/C27H28FN3O5/c1-18-22(30-26(35-18)20-8-6-5-7-9-20)15-31(16-24-29-10-11-34-24)14-19-12-21(28)25(23(13-19)33-4)36-27(2,3)17-32/h5-13,17H,14-16H2,1-4H3. The molecule has 4 rings (SSSR count). The zero-order valence-electron chi connectivity index (χ0n) is 20.7. The lowest BCUT2D eigenvalue weighted by molar-refractivity contribution is -0.119. The molecule has 0 saturated heterocycles. The van der Waals surface area contributed by atoms with Crippen LogP contribution in [0, 0.1) is 12.7 Å². The van der Waals surface area contributed by atoms with E-state index in [2.05, 4.69) is 4.98 Å². The van der Waals surface area contributed by atoms with Gasteiger partial charge in [0.05, 0.1) is 25.5 Å². The van der Waals surface area contributed by atoms with Crippen LogP contribution >= 0.6 is 0 Å². The summed E-state index contributed by atoms with van der Waals surface area (Å²) in [6, 6.07) is 12.7. The number of carbonyl (C=O) groups excluding carboxylic acids is 1. The Morgan fingerprint density at radius 3 is 2.58 bits per heavy atom. The van der Waals surface area contributed by atoms with E-state index in [0.717, 1.165) is 11.3 Å².